The monoisotopic (exact) mass is 252 g/mol. The third-order valence-corrected chi connectivity index (χ3v) is 4.87. The highest BCUT2D eigenvalue weighted by molar-refractivity contribution is 5.89. The summed E-state index contributed by atoms with van der Waals surface area (Å²) in [7, 11) is 0. The van der Waals surface area contributed by atoms with Crippen LogP contribution in [0.15, 0.2) is 0 Å². The number of rotatable bonds is 3. The molecular weight excluding hydrogens is 228 g/mol. The van der Waals surface area contributed by atoms with Crippen molar-refractivity contribution < 1.29 is 9.53 Å². The highest BCUT2D eigenvalue weighted by atomic mass is 16.5. The SMILES string of the molecule is CCOC1CC(N2C(=O)C3(CCCC3)NC2C)C1. The Bertz CT molecular complexity index is 333. The quantitative estimate of drug-likeness (QED) is 0.830. The molecule has 1 aliphatic heterocycles. The fraction of sp³-hybridized carbons (Fsp3) is 0.929. The number of carbonyl (C=O) groups excluding carboxylic acids is 1. The maximum Gasteiger partial charge on any atom is 0.244 e. The van der Waals surface area contributed by atoms with Gasteiger partial charge in [-0.2, -0.15) is 0 Å². The molecule has 2 saturated carbocycles. The van der Waals surface area contributed by atoms with E-state index in [1.54, 1.807) is 0 Å². The number of nitrogens with one attached hydrogen (secondary N) is 1. The van der Waals surface area contributed by atoms with E-state index in [0.717, 1.165) is 32.3 Å². The molecule has 1 amide bonds. The van der Waals surface area contributed by atoms with Crippen molar-refractivity contribution in [3.8, 4) is 0 Å². The Kier molecular flexibility index (Phi) is 3.10. The second-order valence-corrected chi connectivity index (χ2v) is 6.02. The van der Waals surface area contributed by atoms with Crippen LogP contribution in [0.2, 0.25) is 0 Å². The minimum absolute atomic E-state index is 0.197. The van der Waals surface area contributed by atoms with Crippen molar-refractivity contribution in [2.75, 3.05) is 6.61 Å². The Morgan fingerprint density at radius 1 is 1.39 bits per heavy atom. The Morgan fingerprint density at radius 3 is 2.67 bits per heavy atom. The van der Waals surface area contributed by atoms with Gasteiger partial charge in [0.05, 0.1) is 17.8 Å². The van der Waals surface area contributed by atoms with E-state index in [1.165, 1.54) is 12.8 Å². The maximum absolute atomic E-state index is 12.7. The first-order chi connectivity index (χ1) is 8.66. The average molecular weight is 252 g/mol. The third-order valence-electron chi connectivity index (χ3n) is 4.87. The van der Waals surface area contributed by atoms with Gasteiger partial charge in [-0.25, -0.2) is 0 Å². The molecule has 0 bridgehead atoms. The molecule has 18 heavy (non-hydrogen) atoms. The van der Waals surface area contributed by atoms with Gasteiger partial charge in [0, 0.05) is 12.6 Å². The van der Waals surface area contributed by atoms with Gasteiger partial charge in [0.25, 0.3) is 0 Å². The van der Waals surface area contributed by atoms with Crippen molar-refractivity contribution >= 4 is 5.91 Å². The minimum atomic E-state index is -0.212. The molecule has 0 aromatic rings. The number of amides is 1. The van der Waals surface area contributed by atoms with E-state index in [0.29, 0.717) is 18.1 Å². The fourth-order valence-corrected chi connectivity index (χ4v) is 3.91. The summed E-state index contributed by atoms with van der Waals surface area (Å²) in [5, 5.41) is 3.56. The van der Waals surface area contributed by atoms with Crippen molar-refractivity contribution in [1.29, 1.82) is 0 Å². The molecular formula is C14H24N2O2. The number of nitrogens with zero attached hydrogens (tertiary/aromatic N) is 1. The number of hydrogen-bond donors (Lipinski definition) is 1. The van der Waals surface area contributed by atoms with Crippen molar-refractivity contribution in [1.82, 2.24) is 10.2 Å². The summed E-state index contributed by atoms with van der Waals surface area (Å²) in [4.78, 5) is 14.8. The zero-order valence-electron chi connectivity index (χ0n) is 11.4. The molecule has 1 atom stereocenters. The summed E-state index contributed by atoms with van der Waals surface area (Å²) in [6.45, 7) is 4.94. The summed E-state index contributed by atoms with van der Waals surface area (Å²) in [5.41, 5.74) is -0.212. The second-order valence-electron chi connectivity index (χ2n) is 6.02. The van der Waals surface area contributed by atoms with Gasteiger partial charge in [0.15, 0.2) is 0 Å². The molecule has 2 aliphatic carbocycles. The van der Waals surface area contributed by atoms with Crippen LogP contribution in [-0.4, -0.2) is 41.3 Å². The first-order valence-corrected chi connectivity index (χ1v) is 7.38. The molecule has 3 fully saturated rings. The van der Waals surface area contributed by atoms with Crippen LogP contribution in [0.3, 0.4) is 0 Å². The van der Waals surface area contributed by atoms with E-state index in [2.05, 4.69) is 17.1 Å². The van der Waals surface area contributed by atoms with Gasteiger partial charge in [-0.05, 0) is 39.5 Å². The lowest BCUT2D eigenvalue weighted by Gasteiger charge is -2.42. The van der Waals surface area contributed by atoms with Crippen molar-refractivity contribution in [2.45, 2.75) is 76.2 Å². The zero-order chi connectivity index (χ0) is 12.8. The normalized spacial score (nSPS) is 38.4. The highest BCUT2D eigenvalue weighted by Crippen LogP contribution is 2.40. The van der Waals surface area contributed by atoms with Crippen LogP contribution in [0.5, 0.6) is 0 Å². The van der Waals surface area contributed by atoms with E-state index in [9.17, 15) is 4.79 Å². The van der Waals surface area contributed by atoms with Crippen LogP contribution < -0.4 is 5.32 Å². The predicted octanol–water partition coefficient (Wildman–Crippen LogP) is 1.64. The van der Waals surface area contributed by atoms with Gasteiger partial charge in [-0.3, -0.25) is 10.1 Å². The standard InChI is InChI=1S/C14H24N2O2/c1-3-18-12-8-11(9-12)16-10(2)15-14(13(16)17)6-4-5-7-14/h10-12,15H,3-9H2,1-2H3. The van der Waals surface area contributed by atoms with Gasteiger partial charge < -0.3 is 9.64 Å². The van der Waals surface area contributed by atoms with Crippen molar-refractivity contribution in [3.05, 3.63) is 0 Å². The predicted molar refractivity (Wildman–Crippen MR) is 69.1 cm³/mol. The number of ether oxygens (including phenoxy) is 1. The summed E-state index contributed by atoms with van der Waals surface area (Å²) >= 11 is 0. The van der Waals surface area contributed by atoms with Crippen LogP contribution >= 0.6 is 0 Å². The number of carbonyl (C=O) groups is 1. The van der Waals surface area contributed by atoms with Crippen molar-refractivity contribution in [2.24, 2.45) is 0 Å². The smallest absolute Gasteiger partial charge is 0.244 e. The lowest BCUT2D eigenvalue weighted by atomic mass is 9.86. The molecule has 1 unspecified atom stereocenters. The van der Waals surface area contributed by atoms with Gasteiger partial charge >= 0.3 is 0 Å². The lowest BCUT2D eigenvalue weighted by molar-refractivity contribution is -0.140. The lowest BCUT2D eigenvalue weighted by Crippen LogP contribution is -2.52. The van der Waals surface area contributed by atoms with Gasteiger partial charge in [-0.15, -0.1) is 0 Å². The number of hydrogen-bond acceptors (Lipinski definition) is 3. The molecule has 1 heterocycles. The topological polar surface area (TPSA) is 41.6 Å². The highest BCUT2D eigenvalue weighted by Gasteiger charge is 2.54. The van der Waals surface area contributed by atoms with Crippen LogP contribution in [0.25, 0.3) is 0 Å². The molecule has 1 spiro atoms. The van der Waals surface area contributed by atoms with Gasteiger partial charge in [-0.1, -0.05) is 12.8 Å². The van der Waals surface area contributed by atoms with Crippen LogP contribution in [0.4, 0.5) is 0 Å². The van der Waals surface area contributed by atoms with E-state index < -0.39 is 0 Å². The van der Waals surface area contributed by atoms with E-state index in [1.807, 2.05) is 6.92 Å². The maximum atomic E-state index is 12.7. The van der Waals surface area contributed by atoms with Gasteiger partial charge in [0.1, 0.15) is 0 Å². The largest absolute Gasteiger partial charge is 0.378 e. The van der Waals surface area contributed by atoms with Crippen LogP contribution in [0.1, 0.15) is 52.4 Å². The first-order valence-electron chi connectivity index (χ1n) is 7.38. The molecule has 0 aromatic heterocycles. The van der Waals surface area contributed by atoms with E-state index in [-0.39, 0.29) is 11.7 Å². The fourth-order valence-electron chi connectivity index (χ4n) is 3.91. The average Bonchev–Trinajstić information content (AvgIpc) is 2.83. The molecule has 3 rings (SSSR count). The van der Waals surface area contributed by atoms with Crippen LogP contribution in [0, 0.1) is 0 Å². The Hall–Kier alpha value is -0.610. The van der Waals surface area contributed by atoms with Crippen molar-refractivity contribution in [3.63, 3.8) is 0 Å². The second kappa shape index (κ2) is 4.49. The Morgan fingerprint density at radius 2 is 2.06 bits per heavy atom. The third kappa shape index (κ3) is 1.77. The first kappa shape index (κ1) is 12.4. The summed E-state index contributed by atoms with van der Waals surface area (Å²) in [6.07, 6.45) is 7.02. The zero-order valence-corrected chi connectivity index (χ0v) is 11.4. The Balaban J connectivity index is 1.65. The molecule has 4 nitrogen and oxygen atoms in total. The Labute approximate surface area is 109 Å². The molecule has 4 heteroatoms. The summed E-state index contributed by atoms with van der Waals surface area (Å²) in [6, 6.07) is 0.400. The molecule has 1 saturated heterocycles. The molecule has 0 aromatic carbocycles. The molecule has 3 aliphatic rings. The van der Waals surface area contributed by atoms with Crippen LogP contribution in [-0.2, 0) is 9.53 Å². The van der Waals surface area contributed by atoms with E-state index in [4.69, 9.17) is 4.74 Å². The molecule has 1 N–H and O–H groups in total. The van der Waals surface area contributed by atoms with E-state index >= 15 is 0 Å². The molecule has 0 radical (unpaired) electrons. The molecule has 102 valence electrons. The summed E-state index contributed by atoms with van der Waals surface area (Å²) in [5.74, 6) is 0.354. The minimum Gasteiger partial charge on any atom is -0.378 e. The summed E-state index contributed by atoms with van der Waals surface area (Å²) < 4.78 is 5.60. The van der Waals surface area contributed by atoms with Gasteiger partial charge in [0.2, 0.25) is 5.91 Å².